The number of hydrogen-bond donors (Lipinski definition) is 1. The van der Waals surface area contributed by atoms with E-state index in [1.165, 1.54) is 18.2 Å². The van der Waals surface area contributed by atoms with E-state index in [1.807, 2.05) is 7.05 Å². The topological polar surface area (TPSA) is 41.1 Å². The van der Waals surface area contributed by atoms with Gasteiger partial charge in [0.15, 0.2) is 0 Å². The van der Waals surface area contributed by atoms with Crippen molar-refractivity contribution in [3.8, 4) is 0 Å². The first-order chi connectivity index (χ1) is 9.09. The van der Waals surface area contributed by atoms with Crippen LogP contribution in [0.3, 0.4) is 0 Å². The molecule has 1 N–H and O–H groups in total. The number of aromatic nitrogens is 2. The lowest BCUT2D eigenvalue weighted by Crippen LogP contribution is -2.40. The van der Waals surface area contributed by atoms with Crippen LogP contribution in [0.25, 0.3) is 10.2 Å². The Labute approximate surface area is 117 Å². The molecule has 3 heterocycles. The summed E-state index contributed by atoms with van der Waals surface area (Å²) in [5, 5.41) is 6.34. The van der Waals surface area contributed by atoms with Gasteiger partial charge in [-0.3, -0.25) is 0 Å². The third-order valence-corrected chi connectivity index (χ3v) is 4.54. The standard InChI is InChI=1S/C14H20N4S/c1-14(2)6-4-7-18(9-14)11-10-5-8-19-12(10)17-13(15-3)16-11/h5,8H,4,6-7,9H2,1-3H3,(H,15,16,17). The molecule has 2 aromatic heterocycles. The zero-order valence-electron chi connectivity index (χ0n) is 11.7. The summed E-state index contributed by atoms with van der Waals surface area (Å²) in [5.74, 6) is 1.80. The molecule has 0 aliphatic carbocycles. The van der Waals surface area contributed by atoms with Crippen molar-refractivity contribution in [2.75, 3.05) is 30.4 Å². The largest absolute Gasteiger partial charge is 0.357 e. The third kappa shape index (κ3) is 2.39. The summed E-state index contributed by atoms with van der Waals surface area (Å²) in [6, 6.07) is 2.14. The maximum Gasteiger partial charge on any atom is 0.225 e. The van der Waals surface area contributed by atoms with Gasteiger partial charge in [0.25, 0.3) is 0 Å². The predicted molar refractivity (Wildman–Crippen MR) is 82.2 cm³/mol. The maximum atomic E-state index is 4.69. The average Bonchev–Trinajstić information content (AvgIpc) is 2.84. The van der Waals surface area contributed by atoms with Gasteiger partial charge in [-0.05, 0) is 29.7 Å². The minimum Gasteiger partial charge on any atom is -0.357 e. The summed E-state index contributed by atoms with van der Waals surface area (Å²) in [7, 11) is 1.87. The highest BCUT2D eigenvalue weighted by atomic mass is 32.1. The van der Waals surface area contributed by atoms with E-state index in [0.29, 0.717) is 11.4 Å². The van der Waals surface area contributed by atoms with Crippen molar-refractivity contribution < 1.29 is 0 Å². The number of thiophene rings is 1. The van der Waals surface area contributed by atoms with Gasteiger partial charge in [-0.15, -0.1) is 11.3 Å². The molecule has 4 nitrogen and oxygen atoms in total. The first-order valence-electron chi connectivity index (χ1n) is 6.77. The Balaban J connectivity index is 2.05. The van der Waals surface area contributed by atoms with Gasteiger partial charge in [0, 0.05) is 20.1 Å². The Bertz CT molecular complexity index is 590. The second-order valence-corrected chi connectivity index (χ2v) is 6.84. The molecule has 0 radical (unpaired) electrons. The van der Waals surface area contributed by atoms with E-state index in [-0.39, 0.29) is 0 Å². The van der Waals surface area contributed by atoms with Crippen LogP contribution in [0.15, 0.2) is 11.4 Å². The van der Waals surface area contributed by atoms with Crippen LogP contribution >= 0.6 is 11.3 Å². The molecule has 19 heavy (non-hydrogen) atoms. The molecule has 0 bridgehead atoms. The van der Waals surface area contributed by atoms with E-state index in [9.17, 15) is 0 Å². The summed E-state index contributed by atoms with van der Waals surface area (Å²) < 4.78 is 0. The highest BCUT2D eigenvalue weighted by Gasteiger charge is 2.28. The Morgan fingerprint density at radius 3 is 2.95 bits per heavy atom. The fraction of sp³-hybridized carbons (Fsp3) is 0.571. The van der Waals surface area contributed by atoms with Gasteiger partial charge < -0.3 is 10.2 Å². The molecule has 0 spiro atoms. The highest BCUT2D eigenvalue weighted by molar-refractivity contribution is 7.16. The van der Waals surface area contributed by atoms with Crippen molar-refractivity contribution in [2.45, 2.75) is 26.7 Å². The first kappa shape index (κ1) is 12.7. The van der Waals surface area contributed by atoms with E-state index >= 15 is 0 Å². The number of anilines is 2. The molecule has 1 aliphatic heterocycles. The van der Waals surface area contributed by atoms with E-state index in [1.54, 1.807) is 11.3 Å². The lowest BCUT2D eigenvalue weighted by atomic mass is 9.84. The second kappa shape index (κ2) is 4.63. The average molecular weight is 276 g/mol. The maximum absolute atomic E-state index is 4.69. The summed E-state index contributed by atoms with van der Waals surface area (Å²) in [5.41, 5.74) is 0.366. The van der Waals surface area contributed by atoms with Crippen LogP contribution < -0.4 is 10.2 Å². The van der Waals surface area contributed by atoms with E-state index in [0.717, 1.165) is 23.7 Å². The monoisotopic (exact) mass is 276 g/mol. The molecular weight excluding hydrogens is 256 g/mol. The smallest absolute Gasteiger partial charge is 0.225 e. The van der Waals surface area contributed by atoms with Crippen molar-refractivity contribution in [1.29, 1.82) is 0 Å². The van der Waals surface area contributed by atoms with Crippen molar-refractivity contribution in [1.82, 2.24) is 9.97 Å². The van der Waals surface area contributed by atoms with Crippen molar-refractivity contribution >= 4 is 33.3 Å². The minimum absolute atomic E-state index is 0.366. The Morgan fingerprint density at radius 2 is 2.21 bits per heavy atom. The van der Waals surface area contributed by atoms with Gasteiger partial charge in [-0.25, -0.2) is 4.98 Å². The number of nitrogens with zero attached hydrogens (tertiary/aromatic N) is 3. The van der Waals surface area contributed by atoms with Gasteiger partial charge in [0.1, 0.15) is 10.6 Å². The normalized spacial score (nSPS) is 18.8. The summed E-state index contributed by atoms with van der Waals surface area (Å²) in [6.45, 7) is 6.83. The van der Waals surface area contributed by atoms with Crippen LogP contribution in [0.2, 0.25) is 0 Å². The first-order valence-corrected chi connectivity index (χ1v) is 7.65. The summed E-state index contributed by atoms with van der Waals surface area (Å²) >= 11 is 1.68. The Hall–Kier alpha value is -1.36. The molecule has 0 saturated carbocycles. The van der Waals surface area contributed by atoms with Crippen molar-refractivity contribution in [3.05, 3.63) is 11.4 Å². The number of fused-ring (bicyclic) bond motifs is 1. The van der Waals surface area contributed by atoms with Crippen LogP contribution in [-0.2, 0) is 0 Å². The Morgan fingerprint density at radius 1 is 1.37 bits per heavy atom. The lowest BCUT2D eigenvalue weighted by Gasteiger charge is -2.39. The second-order valence-electron chi connectivity index (χ2n) is 5.95. The molecule has 2 aromatic rings. The fourth-order valence-corrected chi connectivity index (χ4v) is 3.56. The SMILES string of the molecule is CNc1nc(N2CCCC(C)(C)C2)c2ccsc2n1. The van der Waals surface area contributed by atoms with E-state index < -0.39 is 0 Å². The molecule has 1 fully saturated rings. The fourth-order valence-electron chi connectivity index (χ4n) is 2.80. The summed E-state index contributed by atoms with van der Waals surface area (Å²) in [6.07, 6.45) is 2.53. The lowest BCUT2D eigenvalue weighted by molar-refractivity contribution is 0.292. The molecule has 0 aromatic carbocycles. The number of piperidine rings is 1. The summed E-state index contributed by atoms with van der Waals surface area (Å²) in [4.78, 5) is 12.7. The van der Waals surface area contributed by atoms with Gasteiger partial charge in [0.05, 0.1) is 5.39 Å². The molecule has 0 atom stereocenters. The molecule has 102 valence electrons. The zero-order chi connectivity index (χ0) is 13.5. The Kier molecular flexibility index (Phi) is 3.09. The van der Waals surface area contributed by atoms with Crippen LogP contribution in [0.4, 0.5) is 11.8 Å². The number of rotatable bonds is 2. The minimum atomic E-state index is 0.366. The predicted octanol–water partition coefficient (Wildman–Crippen LogP) is 3.36. The molecule has 1 saturated heterocycles. The molecular formula is C14H20N4S. The molecule has 5 heteroatoms. The van der Waals surface area contributed by atoms with E-state index in [2.05, 4.69) is 40.5 Å². The van der Waals surface area contributed by atoms with Gasteiger partial charge in [-0.2, -0.15) is 4.98 Å². The van der Waals surface area contributed by atoms with Crippen molar-refractivity contribution in [2.24, 2.45) is 5.41 Å². The van der Waals surface area contributed by atoms with E-state index in [4.69, 9.17) is 4.98 Å². The highest BCUT2D eigenvalue weighted by Crippen LogP contribution is 2.35. The van der Waals surface area contributed by atoms with Gasteiger partial charge in [0.2, 0.25) is 5.95 Å². The van der Waals surface area contributed by atoms with Crippen LogP contribution in [-0.4, -0.2) is 30.1 Å². The molecule has 1 aliphatic rings. The third-order valence-electron chi connectivity index (χ3n) is 3.73. The van der Waals surface area contributed by atoms with Crippen LogP contribution in [0, 0.1) is 5.41 Å². The van der Waals surface area contributed by atoms with Crippen LogP contribution in [0.5, 0.6) is 0 Å². The number of hydrogen-bond acceptors (Lipinski definition) is 5. The quantitative estimate of drug-likeness (QED) is 0.913. The van der Waals surface area contributed by atoms with Crippen LogP contribution in [0.1, 0.15) is 26.7 Å². The molecule has 0 unspecified atom stereocenters. The van der Waals surface area contributed by atoms with Gasteiger partial charge >= 0.3 is 0 Å². The van der Waals surface area contributed by atoms with Gasteiger partial charge in [-0.1, -0.05) is 13.8 Å². The number of nitrogens with one attached hydrogen (secondary N) is 1. The molecule has 3 rings (SSSR count). The molecule has 0 amide bonds. The zero-order valence-corrected chi connectivity index (χ0v) is 12.5. The van der Waals surface area contributed by atoms with Crippen molar-refractivity contribution in [3.63, 3.8) is 0 Å².